The van der Waals surface area contributed by atoms with Crippen molar-refractivity contribution in [2.45, 2.75) is 0 Å². The van der Waals surface area contributed by atoms with Gasteiger partial charge in [-0.1, -0.05) is 24.3 Å². The quantitative estimate of drug-likeness (QED) is 0.610. The predicted octanol–water partition coefficient (Wildman–Crippen LogP) is 1.93. The van der Waals surface area contributed by atoms with Gasteiger partial charge in [-0.15, -0.1) is 0 Å². The van der Waals surface area contributed by atoms with E-state index >= 15 is 0 Å². The van der Waals surface area contributed by atoms with Crippen LogP contribution in [0.1, 0.15) is 5.69 Å². The van der Waals surface area contributed by atoms with Gasteiger partial charge in [0.25, 0.3) is 0 Å². The zero-order valence-electron chi connectivity index (χ0n) is 6.94. The van der Waals surface area contributed by atoms with E-state index in [0.717, 1.165) is 5.69 Å². The number of aromatic nitrogens is 2. The van der Waals surface area contributed by atoms with Gasteiger partial charge in [-0.3, -0.25) is 0 Å². The van der Waals surface area contributed by atoms with Crippen molar-refractivity contribution in [2.24, 2.45) is 7.05 Å². The van der Waals surface area contributed by atoms with Crippen LogP contribution in [0.3, 0.4) is 0 Å². The highest BCUT2D eigenvalue weighted by molar-refractivity contribution is 5.59. The van der Waals surface area contributed by atoms with Crippen LogP contribution in [0.25, 0.3) is 6.08 Å². The van der Waals surface area contributed by atoms with Gasteiger partial charge in [-0.05, 0) is 11.6 Å². The van der Waals surface area contributed by atoms with Crippen LogP contribution in [-0.4, -0.2) is 9.55 Å². The molecule has 0 saturated carbocycles. The molecule has 12 heavy (non-hydrogen) atoms. The first-order valence-corrected chi connectivity index (χ1v) is 3.89. The molecule has 1 aromatic rings. The lowest BCUT2D eigenvalue weighted by Crippen LogP contribution is -1.77. The van der Waals surface area contributed by atoms with E-state index < -0.39 is 0 Å². The summed E-state index contributed by atoms with van der Waals surface area (Å²) in [6.07, 6.45) is 14.0. The lowest BCUT2D eigenvalue weighted by molar-refractivity contribution is 0.913. The van der Waals surface area contributed by atoms with Gasteiger partial charge in [-0.25, -0.2) is 4.98 Å². The maximum atomic E-state index is 4.20. The Labute approximate surface area is 71.6 Å². The highest BCUT2D eigenvalue weighted by atomic mass is 15.0. The predicted molar refractivity (Wildman–Crippen MR) is 49.5 cm³/mol. The zero-order valence-corrected chi connectivity index (χ0v) is 6.94. The van der Waals surface area contributed by atoms with Crippen LogP contribution in [0.5, 0.6) is 0 Å². The first kappa shape index (κ1) is 7.10. The minimum absolute atomic E-state index is 1.00. The molecule has 0 fully saturated rings. The summed E-state index contributed by atoms with van der Waals surface area (Å²) in [4.78, 5) is 4.20. The SMILES string of the molecule is Cn1cnc(C=C2C=CC=C2)c1. The van der Waals surface area contributed by atoms with Gasteiger partial charge in [0.1, 0.15) is 0 Å². The Kier molecular flexibility index (Phi) is 1.67. The molecule has 0 unspecified atom stereocenters. The van der Waals surface area contributed by atoms with Gasteiger partial charge in [0.05, 0.1) is 12.0 Å². The number of rotatable bonds is 1. The summed E-state index contributed by atoms with van der Waals surface area (Å²) in [5.74, 6) is 0. The third-order valence-electron chi connectivity index (χ3n) is 1.73. The molecule has 2 heteroatoms. The lowest BCUT2D eigenvalue weighted by atomic mass is 10.2. The van der Waals surface area contributed by atoms with Crippen LogP contribution in [-0.2, 0) is 7.05 Å². The summed E-state index contributed by atoms with van der Waals surface area (Å²) in [5, 5.41) is 0. The van der Waals surface area contributed by atoms with Gasteiger partial charge in [0.15, 0.2) is 0 Å². The van der Waals surface area contributed by atoms with E-state index in [0.29, 0.717) is 0 Å². The minimum atomic E-state index is 1.00. The lowest BCUT2D eigenvalue weighted by Gasteiger charge is -1.86. The molecule has 0 spiro atoms. The van der Waals surface area contributed by atoms with Crippen LogP contribution < -0.4 is 0 Å². The fraction of sp³-hybridized carbons (Fsp3) is 0.100. The van der Waals surface area contributed by atoms with E-state index in [2.05, 4.69) is 23.2 Å². The number of hydrogen-bond acceptors (Lipinski definition) is 1. The number of imidazole rings is 1. The van der Waals surface area contributed by atoms with Gasteiger partial charge in [-0.2, -0.15) is 0 Å². The summed E-state index contributed by atoms with van der Waals surface area (Å²) < 4.78 is 1.94. The number of nitrogens with zero attached hydrogens (tertiary/aromatic N) is 2. The van der Waals surface area contributed by atoms with Crippen molar-refractivity contribution in [3.8, 4) is 0 Å². The molecule has 2 nitrogen and oxygen atoms in total. The zero-order chi connectivity index (χ0) is 8.39. The Morgan fingerprint density at radius 3 is 2.67 bits per heavy atom. The molecule has 0 aliphatic heterocycles. The van der Waals surface area contributed by atoms with Crippen LogP contribution in [0.2, 0.25) is 0 Å². The third-order valence-corrected chi connectivity index (χ3v) is 1.73. The molecule has 1 aromatic heterocycles. The van der Waals surface area contributed by atoms with E-state index in [1.165, 1.54) is 5.57 Å². The van der Waals surface area contributed by atoms with Gasteiger partial charge < -0.3 is 4.57 Å². The summed E-state index contributed by atoms with van der Waals surface area (Å²) in [6.45, 7) is 0. The molecule has 1 aliphatic carbocycles. The Morgan fingerprint density at radius 1 is 1.33 bits per heavy atom. The molecule has 1 aliphatic rings. The first-order chi connectivity index (χ1) is 5.84. The monoisotopic (exact) mass is 158 g/mol. The van der Waals surface area contributed by atoms with Crippen LogP contribution in [0.4, 0.5) is 0 Å². The molecule has 0 atom stereocenters. The normalized spacial score (nSPS) is 14.2. The van der Waals surface area contributed by atoms with Crippen molar-refractivity contribution in [3.63, 3.8) is 0 Å². The summed E-state index contributed by atoms with van der Waals surface area (Å²) in [7, 11) is 1.97. The largest absolute Gasteiger partial charge is 0.340 e. The molecule has 0 saturated heterocycles. The second-order valence-corrected chi connectivity index (χ2v) is 2.83. The second-order valence-electron chi connectivity index (χ2n) is 2.83. The van der Waals surface area contributed by atoms with E-state index in [9.17, 15) is 0 Å². The summed E-state index contributed by atoms with van der Waals surface area (Å²) in [6, 6.07) is 0. The van der Waals surface area contributed by atoms with Gasteiger partial charge in [0, 0.05) is 13.2 Å². The maximum absolute atomic E-state index is 4.20. The average Bonchev–Trinajstić information content (AvgIpc) is 2.63. The summed E-state index contributed by atoms with van der Waals surface area (Å²) in [5.41, 5.74) is 2.21. The minimum Gasteiger partial charge on any atom is -0.340 e. The standard InChI is InChI=1S/C10H10N2/c1-12-7-10(11-8-12)6-9-4-2-3-5-9/h2-8H,1H3. The smallest absolute Gasteiger partial charge is 0.0950 e. The number of hydrogen-bond donors (Lipinski definition) is 0. The molecule has 0 N–H and O–H groups in total. The Balaban J connectivity index is 2.28. The molecular formula is C10H10N2. The molecule has 0 bridgehead atoms. The number of aryl methyl sites for hydroxylation is 1. The highest BCUT2D eigenvalue weighted by Crippen LogP contribution is 2.11. The maximum Gasteiger partial charge on any atom is 0.0950 e. The van der Waals surface area contributed by atoms with E-state index in [-0.39, 0.29) is 0 Å². The fourth-order valence-corrected chi connectivity index (χ4v) is 1.16. The Hall–Kier alpha value is -1.57. The molecule has 0 amide bonds. The van der Waals surface area contributed by atoms with Crippen molar-refractivity contribution in [1.82, 2.24) is 9.55 Å². The Bertz CT molecular complexity index is 353. The second kappa shape index (κ2) is 2.81. The third kappa shape index (κ3) is 1.37. The van der Waals surface area contributed by atoms with Gasteiger partial charge >= 0.3 is 0 Å². The van der Waals surface area contributed by atoms with Crippen LogP contribution >= 0.6 is 0 Å². The van der Waals surface area contributed by atoms with Crippen molar-refractivity contribution in [3.05, 3.63) is 48.1 Å². The van der Waals surface area contributed by atoms with Crippen LogP contribution in [0.15, 0.2) is 42.4 Å². The summed E-state index contributed by atoms with van der Waals surface area (Å²) >= 11 is 0. The molecule has 60 valence electrons. The van der Waals surface area contributed by atoms with E-state index in [1.807, 2.05) is 30.0 Å². The van der Waals surface area contributed by atoms with Crippen molar-refractivity contribution >= 4 is 6.08 Å². The van der Waals surface area contributed by atoms with Crippen molar-refractivity contribution < 1.29 is 0 Å². The highest BCUT2D eigenvalue weighted by Gasteiger charge is 1.94. The molecule has 0 radical (unpaired) electrons. The van der Waals surface area contributed by atoms with Crippen molar-refractivity contribution in [1.29, 1.82) is 0 Å². The van der Waals surface area contributed by atoms with Gasteiger partial charge in [0.2, 0.25) is 0 Å². The Morgan fingerprint density at radius 2 is 2.08 bits per heavy atom. The van der Waals surface area contributed by atoms with E-state index in [1.54, 1.807) is 6.33 Å². The molecule has 1 heterocycles. The number of allylic oxidation sites excluding steroid dienone is 5. The van der Waals surface area contributed by atoms with Crippen molar-refractivity contribution in [2.75, 3.05) is 0 Å². The fourth-order valence-electron chi connectivity index (χ4n) is 1.16. The molecular weight excluding hydrogens is 148 g/mol. The molecule has 0 aromatic carbocycles. The molecule has 2 rings (SSSR count). The topological polar surface area (TPSA) is 17.8 Å². The van der Waals surface area contributed by atoms with E-state index in [4.69, 9.17) is 0 Å². The average molecular weight is 158 g/mol. The van der Waals surface area contributed by atoms with Crippen LogP contribution in [0, 0.1) is 0 Å². The first-order valence-electron chi connectivity index (χ1n) is 3.89.